The lowest BCUT2D eigenvalue weighted by atomic mass is 10.1. The molecule has 1 heterocycles. The van der Waals surface area contributed by atoms with Crippen LogP contribution in [-0.2, 0) is 13.5 Å². The van der Waals surface area contributed by atoms with Gasteiger partial charge < -0.3 is 15.0 Å². The molecule has 0 aliphatic rings. The standard InChI is InChI=1S/C15H21N3O/c1-11-10-13(12(2)16)4-5-14(11)19-9-6-15-17-7-8-18(15)3/h4-5,7-8,10,12H,6,9,16H2,1-3H3/t12-/m0/s1. The molecule has 1 aromatic heterocycles. The molecule has 4 heteroatoms. The normalized spacial score (nSPS) is 12.4. The minimum Gasteiger partial charge on any atom is -0.493 e. The first-order chi connectivity index (χ1) is 9.08. The van der Waals surface area contributed by atoms with Gasteiger partial charge in [0.15, 0.2) is 0 Å². The number of ether oxygens (including phenoxy) is 1. The molecular formula is C15H21N3O. The quantitative estimate of drug-likeness (QED) is 0.897. The Morgan fingerprint density at radius 3 is 2.79 bits per heavy atom. The summed E-state index contributed by atoms with van der Waals surface area (Å²) < 4.78 is 7.82. The molecule has 102 valence electrons. The second-order valence-electron chi connectivity index (χ2n) is 4.87. The maximum atomic E-state index is 5.86. The third kappa shape index (κ3) is 3.35. The zero-order chi connectivity index (χ0) is 13.8. The van der Waals surface area contributed by atoms with Crippen molar-refractivity contribution in [1.29, 1.82) is 0 Å². The van der Waals surface area contributed by atoms with Crippen LogP contribution in [0.1, 0.15) is 29.9 Å². The number of aryl methyl sites for hydroxylation is 2. The van der Waals surface area contributed by atoms with Crippen molar-refractivity contribution >= 4 is 0 Å². The number of benzene rings is 1. The molecule has 0 aliphatic heterocycles. The highest BCUT2D eigenvalue weighted by molar-refractivity contribution is 5.37. The Bertz CT molecular complexity index is 546. The van der Waals surface area contributed by atoms with E-state index < -0.39 is 0 Å². The molecule has 1 atom stereocenters. The number of nitrogens with zero attached hydrogens (tertiary/aromatic N) is 2. The Balaban J connectivity index is 1.95. The Morgan fingerprint density at radius 1 is 1.42 bits per heavy atom. The van der Waals surface area contributed by atoms with E-state index in [9.17, 15) is 0 Å². The number of nitrogens with two attached hydrogens (primary N) is 1. The van der Waals surface area contributed by atoms with Crippen LogP contribution in [0.25, 0.3) is 0 Å². The molecule has 0 fully saturated rings. The van der Waals surface area contributed by atoms with Crippen LogP contribution in [0.15, 0.2) is 30.6 Å². The number of hydrogen-bond acceptors (Lipinski definition) is 3. The number of imidazole rings is 1. The van der Waals surface area contributed by atoms with Crippen LogP contribution < -0.4 is 10.5 Å². The van der Waals surface area contributed by atoms with Gasteiger partial charge in [-0.2, -0.15) is 0 Å². The van der Waals surface area contributed by atoms with Crippen molar-refractivity contribution in [2.45, 2.75) is 26.3 Å². The van der Waals surface area contributed by atoms with E-state index in [0.29, 0.717) is 6.61 Å². The van der Waals surface area contributed by atoms with Gasteiger partial charge in [-0.25, -0.2) is 4.98 Å². The van der Waals surface area contributed by atoms with Crippen molar-refractivity contribution in [2.24, 2.45) is 12.8 Å². The number of aromatic nitrogens is 2. The Labute approximate surface area is 114 Å². The van der Waals surface area contributed by atoms with Crippen LogP contribution in [0, 0.1) is 6.92 Å². The van der Waals surface area contributed by atoms with Gasteiger partial charge in [-0.1, -0.05) is 12.1 Å². The van der Waals surface area contributed by atoms with E-state index >= 15 is 0 Å². The molecule has 0 radical (unpaired) electrons. The van der Waals surface area contributed by atoms with Crippen LogP contribution in [0.3, 0.4) is 0 Å². The smallest absolute Gasteiger partial charge is 0.122 e. The van der Waals surface area contributed by atoms with Crippen LogP contribution in [0.2, 0.25) is 0 Å². The second-order valence-corrected chi connectivity index (χ2v) is 4.87. The van der Waals surface area contributed by atoms with Crippen molar-refractivity contribution in [2.75, 3.05) is 6.61 Å². The van der Waals surface area contributed by atoms with E-state index in [1.54, 1.807) is 6.20 Å². The molecule has 4 nitrogen and oxygen atoms in total. The molecule has 1 aromatic carbocycles. The molecule has 19 heavy (non-hydrogen) atoms. The third-order valence-corrected chi connectivity index (χ3v) is 3.23. The van der Waals surface area contributed by atoms with Gasteiger partial charge in [0.2, 0.25) is 0 Å². The van der Waals surface area contributed by atoms with E-state index in [1.807, 2.05) is 43.8 Å². The zero-order valence-electron chi connectivity index (χ0n) is 11.8. The summed E-state index contributed by atoms with van der Waals surface area (Å²) in [7, 11) is 1.99. The van der Waals surface area contributed by atoms with Crippen molar-refractivity contribution in [3.8, 4) is 5.75 Å². The topological polar surface area (TPSA) is 53.1 Å². The van der Waals surface area contributed by atoms with Gasteiger partial charge in [0.25, 0.3) is 0 Å². The van der Waals surface area contributed by atoms with Crippen molar-refractivity contribution < 1.29 is 4.74 Å². The van der Waals surface area contributed by atoms with Gasteiger partial charge in [-0.15, -0.1) is 0 Å². The number of rotatable bonds is 5. The van der Waals surface area contributed by atoms with Gasteiger partial charge in [0.05, 0.1) is 6.61 Å². The molecule has 2 rings (SSSR count). The van der Waals surface area contributed by atoms with Crippen LogP contribution in [0.5, 0.6) is 5.75 Å². The first-order valence-corrected chi connectivity index (χ1v) is 6.53. The molecule has 0 bridgehead atoms. The molecule has 0 saturated heterocycles. The monoisotopic (exact) mass is 259 g/mol. The summed E-state index contributed by atoms with van der Waals surface area (Å²) in [4.78, 5) is 4.27. The molecule has 2 N–H and O–H groups in total. The fourth-order valence-corrected chi connectivity index (χ4v) is 2.01. The second kappa shape index (κ2) is 5.89. The molecule has 0 spiro atoms. The minimum absolute atomic E-state index is 0.0559. The molecule has 0 amide bonds. The SMILES string of the molecule is Cc1cc([C@H](C)N)ccc1OCCc1nccn1C. The summed E-state index contributed by atoms with van der Waals surface area (Å²) >= 11 is 0. The highest BCUT2D eigenvalue weighted by Gasteiger charge is 2.05. The lowest BCUT2D eigenvalue weighted by Crippen LogP contribution is -2.08. The van der Waals surface area contributed by atoms with Gasteiger partial charge in [-0.05, 0) is 31.0 Å². The van der Waals surface area contributed by atoms with Crippen molar-refractivity contribution in [3.05, 3.63) is 47.5 Å². The summed E-state index contributed by atoms with van der Waals surface area (Å²) in [6, 6.07) is 6.15. The fraction of sp³-hybridized carbons (Fsp3) is 0.400. The van der Waals surface area contributed by atoms with Gasteiger partial charge >= 0.3 is 0 Å². The Kier molecular flexibility index (Phi) is 4.22. The number of hydrogen-bond donors (Lipinski definition) is 1. The molecule has 0 saturated carbocycles. The van der Waals surface area contributed by atoms with E-state index in [2.05, 4.69) is 11.1 Å². The first kappa shape index (κ1) is 13.6. The summed E-state index contributed by atoms with van der Waals surface area (Å²) in [5.41, 5.74) is 8.12. The Morgan fingerprint density at radius 2 is 2.21 bits per heavy atom. The lowest BCUT2D eigenvalue weighted by molar-refractivity contribution is 0.315. The zero-order valence-corrected chi connectivity index (χ0v) is 11.8. The molecule has 0 unspecified atom stereocenters. The fourth-order valence-electron chi connectivity index (χ4n) is 2.01. The van der Waals surface area contributed by atoms with Crippen LogP contribution in [-0.4, -0.2) is 16.2 Å². The van der Waals surface area contributed by atoms with E-state index in [1.165, 1.54) is 0 Å². The average molecular weight is 259 g/mol. The molecule has 0 aliphatic carbocycles. The largest absolute Gasteiger partial charge is 0.493 e. The van der Waals surface area contributed by atoms with Gasteiger partial charge in [-0.3, -0.25) is 0 Å². The van der Waals surface area contributed by atoms with Gasteiger partial charge in [0, 0.05) is 31.9 Å². The highest BCUT2D eigenvalue weighted by atomic mass is 16.5. The van der Waals surface area contributed by atoms with E-state index in [4.69, 9.17) is 10.5 Å². The van der Waals surface area contributed by atoms with E-state index in [-0.39, 0.29) is 6.04 Å². The van der Waals surface area contributed by atoms with Gasteiger partial charge in [0.1, 0.15) is 11.6 Å². The average Bonchev–Trinajstić information content (AvgIpc) is 2.77. The minimum atomic E-state index is 0.0559. The predicted molar refractivity (Wildman–Crippen MR) is 76.2 cm³/mol. The molecule has 2 aromatic rings. The van der Waals surface area contributed by atoms with E-state index in [0.717, 1.165) is 29.1 Å². The lowest BCUT2D eigenvalue weighted by Gasteiger charge is -2.12. The van der Waals surface area contributed by atoms with Crippen molar-refractivity contribution in [1.82, 2.24) is 9.55 Å². The first-order valence-electron chi connectivity index (χ1n) is 6.53. The Hall–Kier alpha value is -1.81. The third-order valence-electron chi connectivity index (χ3n) is 3.23. The maximum Gasteiger partial charge on any atom is 0.122 e. The maximum absolute atomic E-state index is 5.86. The van der Waals surface area contributed by atoms with Crippen molar-refractivity contribution in [3.63, 3.8) is 0 Å². The molecular weight excluding hydrogens is 238 g/mol. The summed E-state index contributed by atoms with van der Waals surface area (Å²) in [6.07, 6.45) is 4.55. The van der Waals surface area contributed by atoms with Crippen LogP contribution >= 0.6 is 0 Å². The van der Waals surface area contributed by atoms with Crippen LogP contribution in [0.4, 0.5) is 0 Å². The predicted octanol–water partition coefficient (Wildman–Crippen LogP) is 2.37. The summed E-state index contributed by atoms with van der Waals surface area (Å²) in [6.45, 7) is 4.65. The summed E-state index contributed by atoms with van der Waals surface area (Å²) in [5.74, 6) is 1.95. The highest BCUT2D eigenvalue weighted by Crippen LogP contribution is 2.21. The summed E-state index contributed by atoms with van der Waals surface area (Å²) in [5, 5.41) is 0.